The molecule has 3 N–H and O–H groups in total. The van der Waals surface area contributed by atoms with Crippen LogP contribution in [0, 0.1) is 5.92 Å². The molecule has 0 aromatic heterocycles. The zero-order chi connectivity index (χ0) is 14.5. The van der Waals surface area contributed by atoms with Gasteiger partial charge in [-0.1, -0.05) is 0 Å². The van der Waals surface area contributed by atoms with Crippen molar-refractivity contribution in [2.45, 2.75) is 31.7 Å². The van der Waals surface area contributed by atoms with Gasteiger partial charge in [-0.15, -0.1) is 0 Å². The monoisotopic (exact) mass is 283 g/mol. The number of aliphatic carboxylic acids is 1. The first-order valence-corrected chi connectivity index (χ1v) is 7.07. The van der Waals surface area contributed by atoms with Crippen LogP contribution in [0.25, 0.3) is 0 Å². The van der Waals surface area contributed by atoms with Crippen LogP contribution in [0.15, 0.2) is 0 Å². The third kappa shape index (κ3) is 3.93. The molecule has 0 saturated carbocycles. The van der Waals surface area contributed by atoms with Crippen LogP contribution >= 0.6 is 0 Å². The number of carboxylic acids is 1. The molecule has 0 aliphatic carbocycles. The molecule has 112 valence electrons. The summed E-state index contributed by atoms with van der Waals surface area (Å²) in [4.78, 5) is 35.7. The summed E-state index contributed by atoms with van der Waals surface area (Å²) < 4.78 is 0. The molecule has 2 atom stereocenters. The molecule has 1 unspecified atom stereocenters. The molecule has 0 aromatic rings. The predicted molar refractivity (Wildman–Crippen MR) is 71.0 cm³/mol. The lowest BCUT2D eigenvalue weighted by Gasteiger charge is -2.34. The first-order chi connectivity index (χ1) is 9.56. The fourth-order valence-electron chi connectivity index (χ4n) is 2.83. The highest BCUT2D eigenvalue weighted by Crippen LogP contribution is 2.18. The topological polar surface area (TPSA) is 98.7 Å². The number of hydrogen-bond acceptors (Lipinski definition) is 4. The summed E-state index contributed by atoms with van der Waals surface area (Å²) in [7, 11) is 0. The van der Waals surface area contributed by atoms with Crippen LogP contribution in [0.3, 0.4) is 0 Å². The molecule has 2 amide bonds. The van der Waals surface area contributed by atoms with Crippen molar-refractivity contribution in [3.05, 3.63) is 0 Å². The third-order valence-electron chi connectivity index (χ3n) is 3.83. The van der Waals surface area contributed by atoms with Gasteiger partial charge in [0, 0.05) is 26.1 Å². The zero-order valence-corrected chi connectivity index (χ0v) is 11.4. The highest BCUT2D eigenvalue weighted by atomic mass is 16.4. The van der Waals surface area contributed by atoms with Crippen LogP contribution in [-0.2, 0) is 14.4 Å². The number of amides is 2. The number of piperidine rings is 1. The van der Waals surface area contributed by atoms with Crippen LogP contribution in [0.4, 0.5) is 0 Å². The van der Waals surface area contributed by atoms with E-state index in [9.17, 15) is 14.4 Å². The van der Waals surface area contributed by atoms with Crippen molar-refractivity contribution in [2.75, 3.05) is 26.2 Å². The maximum absolute atomic E-state index is 12.3. The highest BCUT2D eigenvalue weighted by molar-refractivity contribution is 5.90. The standard InChI is InChI=1S/C13H21N3O4/c17-11-4-3-10(15-11)13(20)16-5-1-2-9(8-16)6-14-7-12(18)19/h9-10,14H,1-8H2,(H,15,17)(H,18,19)/t9?,10-/m0/s1. The largest absolute Gasteiger partial charge is 0.480 e. The minimum atomic E-state index is -0.873. The number of rotatable bonds is 5. The maximum Gasteiger partial charge on any atom is 0.317 e. The summed E-state index contributed by atoms with van der Waals surface area (Å²) in [5.74, 6) is -0.648. The fourth-order valence-corrected chi connectivity index (χ4v) is 2.83. The Balaban J connectivity index is 1.79. The number of hydrogen-bond donors (Lipinski definition) is 3. The van der Waals surface area contributed by atoms with Crippen molar-refractivity contribution in [3.63, 3.8) is 0 Å². The SMILES string of the molecule is O=C(O)CNCC1CCCN(C(=O)[C@@H]2CCC(=O)N2)C1. The molecular weight excluding hydrogens is 262 g/mol. The number of carbonyl (C=O) groups excluding carboxylic acids is 2. The summed E-state index contributed by atoms with van der Waals surface area (Å²) in [5, 5.41) is 14.2. The number of nitrogens with one attached hydrogen (secondary N) is 2. The van der Waals surface area contributed by atoms with E-state index in [0.29, 0.717) is 25.9 Å². The van der Waals surface area contributed by atoms with E-state index in [1.54, 1.807) is 4.90 Å². The molecule has 7 nitrogen and oxygen atoms in total. The molecular formula is C13H21N3O4. The van der Waals surface area contributed by atoms with E-state index in [1.165, 1.54) is 0 Å². The summed E-state index contributed by atoms with van der Waals surface area (Å²) in [6.45, 7) is 1.91. The Hall–Kier alpha value is -1.63. The van der Waals surface area contributed by atoms with Gasteiger partial charge in [0.2, 0.25) is 11.8 Å². The second-order valence-corrected chi connectivity index (χ2v) is 5.48. The Bertz CT molecular complexity index is 399. The first kappa shape index (κ1) is 14.8. The highest BCUT2D eigenvalue weighted by Gasteiger charge is 2.32. The van der Waals surface area contributed by atoms with Gasteiger partial charge in [-0.2, -0.15) is 0 Å². The van der Waals surface area contributed by atoms with E-state index in [1.807, 2.05) is 0 Å². The molecule has 20 heavy (non-hydrogen) atoms. The zero-order valence-electron chi connectivity index (χ0n) is 11.4. The van der Waals surface area contributed by atoms with Gasteiger partial charge in [-0.3, -0.25) is 14.4 Å². The molecule has 2 aliphatic rings. The minimum absolute atomic E-state index is 0.00113. The average molecular weight is 283 g/mol. The molecule has 0 bridgehead atoms. The number of carboxylic acid groups (broad SMARTS) is 1. The van der Waals surface area contributed by atoms with Gasteiger partial charge < -0.3 is 20.6 Å². The van der Waals surface area contributed by atoms with Crippen molar-refractivity contribution in [1.82, 2.24) is 15.5 Å². The van der Waals surface area contributed by atoms with E-state index in [0.717, 1.165) is 19.4 Å². The van der Waals surface area contributed by atoms with Crippen LogP contribution < -0.4 is 10.6 Å². The lowest BCUT2D eigenvalue weighted by atomic mass is 9.97. The van der Waals surface area contributed by atoms with E-state index >= 15 is 0 Å². The second-order valence-electron chi connectivity index (χ2n) is 5.48. The van der Waals surface area contributed by atoms with Gasteiger partial charge in [0.25, 0.3) is 0 Å². The maximum atomic E-state index is 12.3. The Morgan fingerprint density at radius 3 is 2.85 bits per heavy atom. The van der Waals surface area contributed by atoms with Crippen molar-refractivity contribution in [2.24, 2.45) is 5.92 Å². The molecule has 0 radical (unpaired) electrons. The first-order valence-electron chi connectivity index (χ1n) is 7.07. The fraction of sp³-hybridized carbons (Fsp3) is 0.769. The molecule has 2 heterocycles. The molecule has 7 heteroatoms. The Morgan fingerprint density at radius 2 is 2.20 bits per heavy atom. The van der Waals surface area contributed by atoms with Gasteiger partial charge in [-0.05, 0) is 25.2 Å². The van der Waals surface area contributed by atoms with Crippen molar-refractivity contribution in [3.8, 4) is 0 Å². The lowest BCUT2D eigenvalue weighted by Crippen LogP contribution is -2.49. The van der Waals surface area contributed by atoms with Crippen LogP contribution in [0.5, 0.6) is 0 Å². The van der Waals surface area contributed by atoms with Crippen molar-refractivity contribution in [1.29, 1.82) is 0 Å². The van der Waals surface area contributed by atoms with Crippen molar-refractivity contribution >= 4 is 17.8 Å². The van der Waals surface area contributed by atoms with Gasteiger partial charge in [-0.25, -0.2) is 0 Å². The summed E-state index contributed by atoms with van der Waals surface area (Å²) in [6, 6.07) is -0.367. The van der Waals surface area contributed by atoms with Gasteiger partial charge in [0.05, 0.1) is 6.54 Å². The number of carbonyl (C=O) groups is 3. The van der Waals surface area contributed by atoms with E-state index in [2.05, 4.69) is 10.6 Å². The normalized spacial score (nSPS) is 26.4. The smallest absolute Gasteiger partial charge is 0.317 e. The van der Waals surface area contributed by atoms with E-state index in [4.69, 9.17) is 5.11 Å². The van der Waals surface area contributed by atoms with Gasteiger partial charge in [0.1, 0.15) is 6.04 Å². The minimum Gasteiger partial charge on any atom is -0.480 e. The predicted octanol–water partition coefficient (Wildman–Crippen LogP) is -0.822. The van der Waals surface area contributed by atoms with Gasteiger partial charge >= 0.3 is 5.97 Å². The Morgan fingerprint density at radius 1 is 1.40 bits per heavy atom. The average Bonchev–Trinajstić information content (AvgIpc) is 2.84. The molecule has 0 aromatic carbocycles. The summed E-state index contributed by atoms with van der Waals surface area (Å²) in [6.07, 6.45) is 2.92. The molecule has 2 saturated heterocycles. The van der Waals surface area contributed by atoms with Crippen LogP contribution in [0.2, 0.25) is 0 Å². The van der Waals surface area contributed by atoms with E-state index in [-0.39, 0.29) is 30.3 Å². The molecule has 2 rings (SSSR count). The van der Waals surface area contributed by atoms with Crippen molar-refractivity contribution < 1.29 is 19.5 Å². The Kier molecular flexibility index (Phi) is 4.94. The number of likely N-dealkylation sites (tertiary alicyclic amines) is 1. The van der Waals surface area contributed by atoms with Gasteiger partial charge in [0.15, 0.2) is 0 Å². The second kappa shape index (κ2) is 6.69. The molecule has 2 aliphatic heterocycles. The quantitative estimate of drug-likeness (QED) is 0.612. The third-order valence-corrected chi connectivity index (χ3v) is 3.83. The Labute approximate surface area is 117 Å². The number of nitrogens with zero attached hydrogens (tertiary/aromatic N) is 1. The lowest BCUT2D eigenvalue weighted by molar-refractivity contribution is -0.137. The van der Waals surface area contributed by atoms with E-state index < -0.39 is 5.97 Å². The molecule has 2 fully saturated rings. The summed E-state index contributed by atoms with van der Waals surface area (Å²) >= 11 is 0. The summed E-state index contributed by atoms with van der Waals surface area (Å²) in [5.41, 5.74) is 0. The van der Waals surface area contributed by atoms with Crippen LogP contribution in [-0.4, -0.2) is 60.0 Å². The molecule has 0 spiro atoms. The van der Waals surface area contributed by atoms with Crippen LogP contribution in [0.1, 0.15) is 25.7 Å².